The van der Waals surface area contributed by atoms with Crippen LogP contribution in [-0.4, -0.2) is 0 Å². The third kappa shape index (κ3) is 1.76. The molecule has 0 N–H and O–H groups in total. The Morgan fingerprint density at radius 2 is 1.60 bits per heavy atom. The van der Waals surface area contributed by atoms with Gasteiger partial charge in [-0.2, -0.15) is 0 Å². The van der Waals surface area contributed by atoms with Crippen LogP contribution in [0, 0.1) is 5.41 Å². The van der Waals surface area contributed by atoms with E-state index >= 15 is 0 Å². The molecule has 4 rings (SSSR count). The topological polar surface area (TPSA) is 0 Å². The molecule has 0 saturated heterocycles. The Bertz CT molecular complexity index is 850. The Hall–Kier alpha value is -2.08. The van der Waals surface area contributed by atoms with Crippen molar-refractivity contribution in [3.05, 3.63) is 65.7 Å². The van der Waals surface area contributed by atoms with Crippen molar-refractivity contribution >= 4 is 27.6 Å². The molecule has 0 atom stereocenters. The van der Waals surface area contributed by atoms with E-state index < -0.39 is 0 Å². The minimum Gasteiger partial charge on any atom is -0.0779 e. The van der Waals surface area contributed by atoms with Crippen molar-refractivity contribution < 1.29 is 0 Å². The second kappa shape index (κ2) is 3.96. The fourth-order valence-electron chi connectivity index (χ4n) is 3.28. The van der Waals surface area contributed by atoms with Crippen molar-refractivity contribution in [1.29, 1.82) is 0 Å². The summed E-state index contributed by atoms with van der Waals surface area (Å²) in [5.41, 5.74) is 3.14. The van der Waals surface area contributed by atoms with Crippen molar-refractivity contribution in [2.24, 2.45) is 5.41 Å². The van der Waals surface area contributed by atoms with Crippen molar-refractivity contribution in [3.8, 4) is 0 Å². The molecule has 20 heavy (non-hydrogen) atoms. The van der Waals surface area contributed by atoms with E-state index in [0.717, 1.165) is 6.42 Å². The van der Waals surface area contributed by atoms with Crippen LogP contribution in [0.4, 0.5) is 0 Å². The SMILES string of the molecule is CC1(C)C=Cc2ccc3cc4ccccc4cc3c2C1. The molecule has 1 aliphatic rings. The van der Waals surface area contributed by atoms with E-state index in [0.29, 0.717) is 0 Å². The Morgan fingerprint density at radius 1 is 0.850 bits per heavy atom. The quantitative estimate of drug-likeness (QED) is 0.461. The van der Waals surface area contributed by atoms with Crippen LogP contribution >= 0.6 is 0 Å². The summed E-state index contributed by atoms with van der Waals surface area (Å²) in [6.45, 7) is 4.62. The average Bonchev–Trinajstić information content (AvgIpc) is 2.44. The van der Waals surface area contributed by atoms with Crippen LogP contribution in [0.25, 0.3) is 27.6 Å². The molecule has 0 bridgehead atoms. The van der Waals surface area contributed by atoms with E-state index in [2.05, 4.69) is 74.5 Å². The van der Waals surface area contributed by atoms with Gasteiger partial charge in [0.25, 0.3) is 0 Å². The third-order valence-corrected chi connectivity index (χ3v) is 4.38. The lowest BCUT2D eigenvalue weighted by molar-refractivity contribution is 0.477. The van der Waals surface area contributed by atoms with Crippen LogP contribution in [0.2, 0.25) is 0 Å². The Balaban J connectivity index is 2.08. The second-order valence-corrected chi connectivity index (χ2v) is 6.55. The molecule has 0 saturated carbocycles. The van der Waals surface area contributed by atoms with Gasteiger partial charge in [0.15, 0.2) is 0 Å². The molecule has 0 unspecified atom stereocenters. The fraction of sp³-hybridized carbons (Fsp3) is 0.200. The maximum absolute atomic E-state index is 2.36. The highest BCUT2D eigenvalue weighted by Gasteiger charge is 2.22. The maximum atomic E-state index is 2.36. The maximum Gasteiger partial charge on any atom is -0.0131 e. The summed E-state index contributed by atoms with van der Waals surface area (Å²) in [6.07, 6.45) is 5.74. The summed E-state index contributed by atoms with van der Waals surface area (Å²) in [7, 11) is 0. The van der Waals surface area contributed by atoms with Gasteiger partial charge in [0.05, 0.1) is 0 Å². The van der Waals surface area contributed by atoms with Gasteiger partial charge in [-0.1, -0.05) is 62.4 Å². The minimum atomic E-state index is 0.257. The monoisotopic (exact) mass is 258 g/mol. The van der Waals surface area contributed by atoms with Crippen LogP contribution in [0.15, 0.2) is 54.6 Å². The molecule has 0 nitrogen and oxygen atoms in total. The minimum absolute atomic E-state index is 0.257. The zero-order valence-electron chi connectivity index (χ0n) is 12.0. The summed E-state index contributed by atoms with van der Waals surface area (Å²) in [4.78, 5) is 0. The van der Waals surface area contributed by atoms with Crippen LogP contribution in [-0.2, 0) is 6.42 Å². The van der Waals surface area contributed by atoms with E-state index in [-0.39, 0.29) is 5.41 Å². The van der Waals surface area contributed by atoms with E-state index in [1.807, 2.05) is 0 Å². The highest BCUT2D eigenvalue weighted by atomic mass is 14.3. The molecule has 0 fully saturated rings. The molecule has 0 radical (unpaired) electrons. The summed E-state index contributed by atoms with van der Waals surface area (Å²) in [5.74, 6) is 0. The van der Waals surface area contributed by atoms with E-state index in [1.165, 1.54) is 32.7 Å². The molecule has 3 aromatic carbocycles. The van der Waals surface area contributed by atoms with E-state index in [9.17, 15) is 0 Å². The first kappa shape index (κ1) is 11.7. The smallest absolute Gasteiger partial charge is 0.0131 e. The van der Waals surface area contributed by atoms with Crippen LogP contribution < -0.4 is 0 Å². The third-order valence-electron chi connectivity index (χ3n) is 4.38. The molecule has 0 spiro atoms. The predicted octanol–water partition coefficient (Wildman–Crippen LogP) is 5.59. The van der Waals surface area contributed by atoms with E-state index in [4.69, 9.17) is 0 Å². The van der Waals surface area contributed by atoms with Gasteiger partial charge in [-0.25, -0.2) is 0 Å². The average molecular weight is 258 g/mol. The van der Waals surface area contributed by atoms with Gasteiger partial charge < -0.3 is 0 Å². The van der Waals surface area contributed by atoms with Gasteiger partial charge in [0.1, 0.15) is 0 Å². The van der Waals surface area contributed by atoms with Crippen molar-refractivity contribution in [1.82, 2.24) is 0 Å². The molecule has 1 aliphatic carbocycles. The number of fused-ring (bicyclic) bond motifs is 4. The van der Waals surface area contributed by atoms with Crippen molar-refractivity contribution in [3.63, 3.8) is 0 Å². The van der Waals surface area contributed by atoms with Crippen LogP contribution in [0.3, 0.4) is 0 Å². The number of hydrogen-bond donors (Lipinski definition) is 0. The molecular formula is C20H18. The number of allylic oxidation sites excluding steroid dienone is 1. The predicted molar refractivity (Wildman–Crippen MR) is 88.0 cm³/mol. The molecule has 0 aliphatic heterocycles. The second-order valence-electron chi connectivity index (χ2n) is 6.55. The first-order valence-corrected chi connectivity index (χ1v) is 7.26. The Kier molecular flexibility index (Phi) is 2.32. The number of hydrogen-bond acceptors (Lipinski definition) is 0. The summed E-state index contributed by atoms with van der Waals surface area (Å²) in [5, 5.41) is 5.43. The molecule has 0 aromatic heterocycles. The van der Waals surface area contributed by atoms with Gasteiger partial charge in [-0.15, -0.1) is 0 Å². The normalized spacial score (nSPS) is 16.5. The van der Waals surface area contributed by atoms with Gasteiger partial charge in [-0.3, -0.25) is 0 Å². The first-order chi connectivity index (χ1) is 9.62. The molecular weight excluding hydrogens is 240 g/mol. The first-order valence-electron chi connectivity index (χ1n) is 7.26. The fourth-order valence-corrected chi connectivity index (χ4v) is 3.28. The summed E-state index contributed by atoms with van der Waals surface area (Å²) < 4.78 is 0. The zero-order valence-corrected chi connectivity index (χ0v) is 12.0. The van der Waals surface area contributed by atoms with Gasteiger partial charge in [-0.05, 0) is 56.6 Å². The summed E-state index contributed by atoms with van der Waals surface area (Å²) >= 11 is 0. The molecule has 3 aromatic rings. The standard InChI is InChI=1S/C20H18/c1-20(2)10-9-14-7-8-17-11-15-5-3-4-6-16(15)12-18(17)19(14)13-20/h3-12H,13H2,1-2H3. The van der Waals surface area contributed by atoms with Crippen molar-refractivity contribution in [2.75, 3.05) is 0 Å². The number of benzene rings is 3. The lowest BCUT2D eigenvalue weighted by Gasteiger charge is -2.27. The lowest BCUT2D eigenvalue weighted by atomic mass is 9.77. The van der Waals surface area contributed by atoms with Gasteiger partial charge in [0.2, 0.25) is 0 Å². The molecule has 0 heteroatoms. The number of rotatable bonds is 0. The van der Waals surface area contributed by atoms with Gasteiger partial charge in [0, 0.05) is 0 Å². The van der Waals surface area contributed by atoms with Crippen LogP contribution in [0.1, 0.15) is 25.0 Å². The Labute approximate surface area is 119 Å². The highest BCUT2D eigenvalue weighted by molar-refractivity contribution is 6.01. The van der Waals surface area contributed by atoms with Gasteiger partial charge >= 0.3 is 0 Å². The Morgan fingerprint density at radius 3 is 2.40 bits per heavy atom. The lowest BCUT2D eigenvalue weighted by Crippen LogP contribution is -2.15. The molecule has 0 amide bonds. The largest absolute Gasteiger partial charge is 0.0779 e. The van der Waals surface area contributed by atoms with E-state index in [1.54, 1.807) is 0 Å². The van der Waals surface area contributed by atoms with Crippen molar-refractivity contribution in [2.45, 2.75) is 20.3 Å². The molecule has 98 valence electrons. The summed E-state index contributed by atoms with van der Waals surface area (Å²) in [6, 6.07) is 17.8. The van der Waals surface area contributed by atoms with Crippen LogP contribution in [0.5, 0.6) is 0 Å². The zero-order chi connectivity index (χ0) is 13.7. The molecule has 0 heterocycles. The highest BCUT2D eigenvalue weighted by Crippen LogP contribution is 2.37.